The Morgan fingerprint density at radius 3 is 2.45 bits per heavy atom. The van der Waals surface area contributed by atoms with Crippen LogP contribution in [-0.4, -0.2) is 9.97 Å². The first kappa shape index (κ1) is 21.6. The Balaban J connectivity index is 1.55. The van der Waals surface area contributed by atoms with E-state index < -0.39 is 0 Å². The Kier molecular flexibility index (Phi) is 6.07. The van der Waals surface area contributed by atoms with E-state index in [2.05, 4.69) is 103 Å². The van der Waals surface area contributed by atoms with Crippen LogP contribution in [-0.2, 0) is 0 Å². The number of nitrogens with one attached hydrogen (secondary N) is 1. The number of aromatic nitrogens is 2. The van der Waals surface area contributed by atoms with E-state index in [-0.39, 0.29) is 6.04 Å². The van der Waals surface area contributed by atoms with Gasteiger partial charge < -0.3 is 5.32 Å². The van der Waals surface area contributed by atoms with Crippen LogP contribution >= 0.6 is 22.7 Å². The molecule has 1 atom stereocenters. The summed E-state index contributed by atoms with van der Waals surface area (Å²) < 4.78 is 0. The highest BCUT2D eigenvalue weighted by Gasteiger charge is 2.18. The second kappa shape index (κ2) is 9.30. The van der Waals surface area contributed by atoms with Crippen molar-refractivity contribution >= 4 is 28.5 Å². The van der Waals surface area contributed by atoms with Crippen LogP contribution in [0.15, 0.2) is 84.4 Å². The van der Waals surface area contributed by atoms with Gasteiger partial charge in [-0.3, -0.25) is 0 Å². The SMILES string of the molecule is Cc1cccc(-c2nc(-c3cc(C)cs3)sc2-c2ccnc(N[C@H](C)c3ccccc3)c2)c1. The summed E-state index contributed by atoms with van der Waals surface area (Å²) in [6.07, 6.45) is 1.88. The van der Waals surface area contributed by atoms with Crippen molar-refractivity contribution in [2.75, 3.05) is 5.32 Å². The van der Waals surface area contributed by atoms with Gasteiger partial charge in [-0.2, -0.15) is 0 Å². The fourth-order valence-electron chi connectivity index (χ4n) is 3.85. The second-order valence-electron chi connectivity index (χ2n) is 8.26. The number of benzene rings is 2. The first-order chi connectivity index (χ1) is 16.1. The summed E-state index contributed by atoms with van der Waals surface area (Å²) in [4.78, 5) is 12.1. The summed E-state index contributed by atoms with van der Waals surface area (Å²) in [5, 5.41) is 6.80. The van der Waals surface area contributed by atoms with Crippen LogP contribution in [0.4, 0.5) is 5.82 Å². The third kappa shape index (κ3) is 4.75. The first-order valence-electron chi connectivity index (χ1n) is 11.0. The van der Waals surface area contributed by atoms with Crippen molar-refractivity contribution in [3.63, 3.8) is 0 Å². The summed E-state index contributed by atoms with van der Waals surface area (Å²) in [6, 6.07) is 25.6. The maximum atomic E-state index is 5.11. The van der Waals surface area contributed by atoms with E-state index in [4.69, 9.17) is 4.98 Å². The molecule has 5 aromatic rings. The molecule has 5 heteroatoms. The molecule has 0 radical (unpaired) electrons. The van der Waals surface area contributed by atoms with E-state index in [1.54, 1.807) is 22.7 Å². The van der Waals surface area contributed by atoms with Crippen molar-refractivity contribution in [3.8, 4) is 31.6 Å². The monoisotopic (exact) mass is 467 g/mol. The molecule has 5 rings (SSSR count). The molecule has 1 N–H and O–H groups in total. The van der Waals surface area contributed by atoms with Gasteiger partial charge in [0, 0.05) is 17.8 Å². The van der Waals surface area contributed by atoms with E-state index in [1.165, 1.54) is 26.4 Å². The van der Waals surface area contributed by atoms with Gasteiger partial charge in [0.25, 0.3) is 0 Å². The van der Waals surface area contributed by atoms with Crippen molar-refractivity contribution in [3.05, 3.63) is 101 Å². The number of nitrogens with zero attached hydrogens (tertiary/aromatic N) is 2. The lowest BCUT2D eigenvalue weighted by atomic mass is 10.1. The summed E-state index contributed by atoms with van der Waals surface area (Å²) in [5.41, 5.74) is 7.03. The number of rotatable bonds is 6. The van der Waals surface area contributed by atoms with Crippen LogP contribution in [0.1, 0.15) is 29.7 Å². The van der Waals surface area contributed by atoms with Gasteiger partial charge in [0.15, 0.2) is 0 Å². The van der Waals surface area contributed by atoms with Crippen molar-refractivity contribution in [2.24, 2.45) is 0 Å². The topological polar surface area (TPSA) is 37.8 Å². The van der Waals surface area contributed by atoms with Gasteiger partial charge in [-0.1, -0.05) is 54.1 Å². The predicted octanol–water partition coefficient (Wildman–Crippen LogP) is 8.39. The Morgan fingerprint density at radius 1 is 0.848 bits per heavy atom. The molecule has 0 amide bonds. The minimum Gasteiger partial charge on any atom is -0.364 e. The highest BCUT2D eigenvalue weighted by Crippen LogP contribution is 2.42. The van der Waals surface area contributed by atoms with Crippen molar-refractivity contribution in [1.29, 1.82) is 0 Å². The van der Waals surface area contributed by atoms with Crippen LogP contribution in [0.2, 0.25) is 0 Å². The number of thiophene rings is 1. The molecule has 33 heavy (non-hydrogen) atoms. The van der Waals surface area contributed by atoms with Crippen LogP contribution < -0.4 is 5.32 Å². The molecular weight excluding hydrogens is 442 g/mol. The van der Waals surface area contributed by atoms with E-state index >= 15 is 0 Å². The maximum Gasteiger partial charge on any atom is 0.134 e. The highest BCUT2D eigenvalue weighted by atomic mass is 32.1. The fourth-order valence-corrected chi connectivity index (χ4v) is 5.90. The molecular formula is C28H25N3S2. The molecule has 2 aromatic carbocycles. The number of aryl methyl sites for hydroxylation is 2. The molecule has 3 aromatic heterocycles. The molecule has 0 spiro atoms. The summed E-state index contributed by atoms with van der Waals surface area (Å²) in [6.45, 7) is 6.41. The molecule has 0 aliphatic heterocycles. The molecule has 0 unspecified atom stereocenters. The van der Waals surface area contributed by atoms with Crippen molar-refractivity contribution < 1.29 is 0 Å². The molecule has 0 bridgehead atoms. The maximum absolute atomic E-state index is 5.11. The highest BCUT2D eigenvalue weighted by molar-refractivity contribution is 7.23. The molecule has 3 nitrogen and oxygen atoms in total. The number of thiazole rings is 1. The molecule has 0 saturated heterocycles. The lowest BCUT2D eigenvalue weighted by Crippen LogP contribution is -2.07. The predicted molar refractivity (Wildman–Crippen MR) is 142 cm³/mol. The zero-order chi connectivity index (χ0) is 22.8. The van der Waals surface area contributed by atoms with E-state index in [9.17, 15) is 0 Å². The van der Waals surface area contributed by atoms with Crippen LogP contribution in [0, 0.1) is 13.8 Å². The normalized spacial score (nSPS) is 12.0. The smallest absolute Gasteiger partial charge is 0.134 e. The molecule has 3 heterocycles. The average Bonchev–Trinajstić information content (AvgIpc) is 3.46. The van der Waals surface area contributed by atoms with Crippen LogP contribution in [0.25, 0.3) is 31.6 Å². The molecule has 0 aliphatic rings. The van der Waals surface area contributed by atoms with Crippen LogP contribution in [0.3, 0.4) is 0 Å². The van der Waals surface area contributed by atoms with E-state index in [0.717, 1.165) is 27.6 Å². The summed E-state index contributed by atoms with van der Waals surface area (Å²) >= 11 is 3.50. The Morgan fingerprint density at radius 2 is 1.70 bits per heavy atom. The quantitative estimate of drug-likeness (QED) is 0.272. The summed E-state index contributed by atoms with van der Waals surface area (Å²) in [5.74, 6) is 0.862. The first-order valence-corrected chi connectivity index (χ1v) is 12.7. The molecule has 164 valence electrons. The standard InChI is InChI=1S/C28H25N3S2/c1-18-8-7-11-22(14-18)26-27(33-28(31-26)24-15-19(2)17-32-24)23-12-13-29-25(16-23)30-20(3)21-9-5-4-6-10-21/h4-17,20H,1-3H3,(H,29,30)/t20-/m1/s1. The molecule has 0 aliphatic carbocycles. The zero-order valence-corrected chi connectivity index (χ0v) is 20.5. The average molecular weight is 468 g/mol. The Bertz CT molecular complexity index is 1390. The van der Waals surface area contributed by atoms with Gasteiger partial charge in [-0.25, -0.2) is 9.97 Å². The van der Waals surface area contributed by atoms with E-state index in [0.29, 0.717) is 0 Å². The summed E-state index contributed by atoms with van der Waals surface area (Å²) in [7, 11) is 0. The van der Waals surface area contributed by atoms with Gasteiger partial charge in [0.05, 0.1) is 15.4 Å². The van der Waals surface area contributed by atoms with Gasteiger partial charge in [0.1, 0.15) is 10.8 Å². The number of hydrogen-bond donors (Lipinski definition) is 1. The van der Waals surface area contributed by atoms with Crippen molar-refractivity contribution in [2.45, 2.75) is 26.8 Å². The minimum atomic E-state index is 0.163. The second-order valence-corrected chi connectivity index (χ2v) is 10.2. The lowest BCUT2D eigenvalue weighted by Gasteiger charge is -2.15. The lowest BCUT2D eigenvalue weighted by molar-refractivity contribution is 0.875. The number of anilines is 1. The van der Waals surface area contributed by atoms with Crippen molar-refractivity contribution in [1.82, 2.24) is 9.97 Å². The van der Waals surface area contributed by atoms with Gasteiger partial charge in [0.2, 0.25) is 0 Å². The minimum absolute atomic E-state index is 0.163. The fraction of sp³-hybridized carbons (Fsp3) is 0.143. The molecule has 0 fully saturated rings. The van der Waals surface area contributed by atoms with E-state index in [1.807, 2.05) is 12.3 Å². The van der Waals surface area contributed by atoms with Crippen LogP contribution in [0.5, 0.6) is 0 Å². The Labute approximate surface area is 202 Å². The third-order valence-corrected chi connectivity index (χ3v) is 7.87. The van der Waals surface area contributed by atoms with Gasteiger partial charge >= 0.3 is 0 Å². The molecule has 0 saturated carbocycles. The largest absolute Gasteiger partial charge is 0.364 e. The zero-order valence-electron chi connectivity index (χ0n) is 18.9. The van der Waals surface area contributed by atoms with Gasteiger partial charge in [-0.05, 0) is 67.1 Å². The third-order valence-electron chi connectivity index (χ3n) is 5.55. The Hall–Kier alpha value is -3.28. The van der Waals surface area contributed by atoms with Gasteiger partial charge in [-0.15, -0.1) is 22.7 Å². The number of hydrogen-bond acceptors (Lipinski definition) is 5. The number of pyridine rings is 1.